The molecule has 2 heterocycles. The predicted molar refractivity (Wildman–Crippen MR) is 87.5 cm³/mol. The third-order valence-electron chi connectivity index (χ3n) is 3.13. The number of pyridine rings is 1. The monoisotopic (exact) mass is 310 g/mol. The summed E-state index contributed by atoms with van der Waals surface area (Å²) >= 11 is 1.59. The zero-order chi connectivity index (χ0) is 15.4. The standard InChI is InChI=1S/C16H14N4OS/c1-22-14-5-3-2-4-13(14)19-16(21)12-6-7-15(18-10-12)20-9-8-17-11-20/h2-11H,1H3,(H,19,21). The van der Waals surface area contributed by atoms with Gasteiger partial charge in [-0.25, -0.2) is 9.97 Å². The van der Waals surface area contributed by atoms with Crippen LogP contribution >= 0.6 is 11.8 Å². The van der Waals surface area contributed by atoms with Crippen LogP contribution in [0.25, 0.3) is 5.82 Å². The first-order valence-corrected chi connectivity index (χ1v) is 7.89. The van der Waals surface area contributed by atoms with Crippen molar-refractivity contribution >= 4 is 23.4 Å². The van der Waals surface area contributed by atoms with Crippen molar-refractivity contribution in [3.63, 3.8) is 0 Å². The number of carbonyl (C=O) groups is 1. The predicted octanol–water partition coefficient (Wildman–Crippen LogP) is 3.24. The molecule has 1 N–H and O–H groups in total. The number of amides is 1. The number of rotatable bonds is 4. The van der Waals surface area contributed by atoms with Crippen molar-refractivity contribution in [2.45, 2.75) is 4.90 Å². The van der Waals surface area contributed by atoms with Crippen LogP contribution in [0.4, 0.5) is 5.69 Å². The number of carbonyl (C=O) groups excluding carboxylic acids is 1. The Morgan fingerprint density at radius 3 is 2.77 bits per heavy atom. The van der Waals surface area contributed by atoms with E-state index in [1.165, 1.54) is 0 Å². The lowest BCUT2D eigenvalue weighted by Crippen LogP contribution is -2.13. The zero-order valence-corrected chi connectivity index (χ0v) is 12.7. The fourth-order valence-corrected chi connectivity index (χ4v) is 2.56. The lowest BCUT2D eigenvalue weighted by molar-refractivity contribution is 0.102. The molecule has 0 aliphatic carbocycles. The number of hydrogen-bond donors (Lipinski definition) is 1. The van der Waals surface area contributed by atoms with Gasteiger partial charge in [-0.1, -0.05) is 12.1 Å². The number of aromatic nitrogens is 3. The molecular weight excluding hydrogens is 296 g/mol. The fourth-order valence-electron chi connectivity index (χ4n) is 2.01. The number of anilines is 1. The van der Waals surface area contributed by atoms with Crippen molar-refractivity contribution in [2.24, 2.45) is 0 Å². The molecular formula is C16H14N4OS. The normalized spacial score (nSPS) is 10.4. The number of hydrogen-bond acceptors (Lipinski definition) is 4. The number of nitrogens with one attached hydrogen (secondary N) is 1. The van der Waals surface area contributed by atoms with Gasteiger partial charge in [-0.3, -0.25) is 9.36 Å². The molecule has 0 spiro atoms. The van der Waals surface area contributed by atoms with Crippen LogP contribution in [-0.4, -0.2) is 26.7 Å². The topological polar surface area (TPSA) is 59.8 Å². The van der Waals surface area contributed by atoms with Crippen molar-refractivity contribution in [3.8, 4) is 5.82 Å². The van der Waals surface area contributed by atoms with E-state index in [9.17, 15) is 4.79 Å². The Morgan fingerprint density at radius 2 is 2.09 bits per heavy atom. The molecule has 1 aromatic carbocycles. The number of nitrogens with zero attached hydrogens (tertiary/aromatic N) is 3. The summed E-state index contributed by atoms with van der Waals surface area (Å²) in [5.41, 5.74) is 1.32. The summed E-state index contributed by atoms with van der Waals surface area (Å²) in [7, 11) is 0. The SMILES string of the molecule is CSc1ccccc1NC(=O)c1ccc(-n2ccnc2)nc1. The van der Waals surface area contributed by atoms with E-state index in [2.05, 4.69) is 15.3 Å². The van der Waals surface area contributed by atoms with Gasteiger partial charge >= 0.3 is 0 Å². The Hall–Kier alpha value is -2.60. The summed E-state index contributed by atoms with van der Waals surface area (Å²) in [4.78, 5) is 21.6. The van der Waals surface area contributed by atoms with E-state index in [1.807, 2.05) is 30.5 Å². The maximum atomic E-state index is 12.3. The van der Waals surface area contributed by atoms with Gasteiger partial charge in [0.25, 0.3) is 5.91 Å². The minimum absolute atomic E-state index is 0.175. The molecule has 0 unspecified atom stereocenters. The fraction of sp³-hybridized carbons (Fsp3) is 0.0625. The van der Waals surface area contributed by atoms with Crippen LogP contribution in [0.5, 0.6) is 0 Å². The Labute approximate surface area is 132 Å². The highest BCUT2D eigenvalue weighted by Crippen LogP contribution is 2.25. The summed E-state index contributed by atoms with van der Waals surface area (Å²) in [6.45, 7) is 0. The maximum Gasteiger partial charge on any atom is 0.257 e. The van der Waals surface area contributed by atoms with E-state index < -0.39 is 0 Å². The molecule has 3 rings (SSSR count). The minimum atomic E-state index is -0.175. The molecule has 0 saturated heterocycles. The molecule has 1 amide bonds. The molecule has 0 radical (unpaired) electrons. The van der Waals surface area contributed by atoms with Gasteiger partial charge in [0, 0.05) is 23.5 Å². The summed E-state index contributed by atoms with van der Waals surface area (Å²) in [6, 6.07) is 11.2. The van der Waals surface area contributed by atoms with Gasteiger partial charge in [-0.05, 0) is 30.5 Å². The Kier molecular flexibility index (Phi) is 4.20. The van der Waals surface area contributed by atoms with Gasteiger partial charge in [-0.2, -0.15) is 0 Å². The molecule has 0 bridgehead atoms. The van der Waals surface area contributed by atoms with Crippen molar-refractivity contribution in [2.75, 3.05) is 11.6 Å². The van der Waals surface area contributed by atoms with Crippen LogP contribution in [0, 0.1) is 0 Å². The minimum Gasteiger partial charge on any atom is -0.321 e. The first-order chi connectivity index (χ1) is 10.8. The highest BCUT2D eigenvalue weighted by atomic mass is 32.2. The number of para-hydroxylation sites is 1. The number of thioether (sulfide) groups is 1. The summed E-state index contributed by atoms with van der Waals surface area (Å²) in [5.74, 6) is 0.546. The first-order valence-electron chi connectivity index (χ1n) is 6.66. The van der Waals surface area contributed by atoms with Crippen LogP contribution < -0.4 is 5.32 Å². The van der Waals surface area contributed by atoms with Crippen LogP contribution in [-0.2, 0) is 0 Å². The third kappa shape index (κ3) is 3.01. The molecule has 110 valence electrons. The van der Waals surface area contributed by atoms with Gasteiger partial charge < -0.3 is 5.32 Å². The summed E-state index contributed by atoms with van der Waals surface area (Å²) in [5, 5.41) is 2.91. The van der Waals surface area contributed by atoms with Gasteiger partial charge in [0.1, 0.15) is 12.1 Å². The molecule has 0 fully saturated rings. The lowest BCUT2D eigenvalue weighted by atomic mass is 10.2. The van der Waals surface area contributed by atoms with E-state index in [1.54, 1.807) is 53.4 Å². The Balaban J connectivity index is 1.78. The first kappa shape index (κ1) is 14.3. The average molecular weight is 310 g/mol. The average Bonchev–Trinajstić information content (AvgIpc) is 3.10. The van der Waals surface area contributed by atoms with Crippen molar-refractivity contribution in [3.05, 3.63) is 66.9 Å². The molecule has 5 nitrogen and oxygen atoms in total. The maximum absolute atomic E-state index is 12.3. The van der Waals surface area contributed by atoms with Gasteiger partial charge in [0.2, 0.25) is 0 Å². The largest absolute Gasteiger partial charge is 0.321 e. The van der Waals surface area contributed by atoms with Crippen LogP contribution in [0.3, 0.4) is 0 Å². The molecule has 22 heavy (non-hydrogen) atoms. The number of imidazole rings is 1. The van der Waals surface area contributed by atoms with Gasteiger partial charge in [0.05, 0.1) is 11.3 Å². The zero-order valence-electron chi connectivity index (χ0n) is 11.9. The second-order valence-electron chi connectivity index (χ2n) is 4.53. The lowest BCUT2D eigenvalue weighted by Gasteiger charge is -2.09. The molecule has 0 atom stereocenters. The van der Waals surface area contributed by atoms with Gasteiger partial charge in [-0.15, -0.1) is 11.8 Å². The summed E-state index contributed by atoms with van der Waals surface area (Å²) in [6.07, 6.45) is 8.69. The van der Waals surface area contributed by atoms with Crippen molar-refractivity contribution in [1.82, 2.24) is 14.5 Å². The number of benzene rings is 1. The second kappa shape index (κ2) is 6.44. The molecule has 6 heteroatoms. The van der Waals surface area contributed by atoms with E-state index in [0.29, 0.717) is 5.56 Å². The van der Waals surface area contributed by atoms with Crippen LogP contribution in [0.1, 0.15) is 10.4 Å². The Bertz CT molecular complexity index is 769. The molecule has 3 aromatic rings. The van der Waals surface area contributed by atoms with E-state index >= 15 is 0 Å². The van der Waals surface area contributed by atoms with E-state index in [0.717, 1.165) is 16.4 Å². The molecule has 0 aliphatic heterocycles. The second-order valence-corrected chi connectivity index (χ2v) is 5.38. The quantitative estimate of drug-likeness (QED) is 0.752. The van der Waals surface area contributed by atoms with Crippen LogP contribution in [0.2, 0.25) is 0 Å². The highest BCUT2D eigenvalue weighted by Gasteiger charge is 2.09. The van der Waals surface area contributed by atoms with Crippen molar-refractivity contribution in [1.29, 1.82) is 0 Å². The third-order valence-corrected chi connectivity index (χ3v) is 3.93. The molecule has 0 aliphatic rings. The van der Waals surface area contributed by atoms with Crippen LogP contribution in [0.15, 0.2) is 66.2 Å². The van der Waals surface area contributed by atoms with E-state index in [-0.39, 0.29) is 5.91 Å². The highest BCUT2D eigenvalue weighted by molar-refractivity contribution is 7.98. The van der Waals surface area contributed by atoms with Crippen molar-refractivity contribution < 1.29 is 4.79 Å². The molecule has 0 saturated carbocycles. The Morgan fingerprint density at radius 1 is 1.23 bits per heavy atom. The molecule has 2 aromatic heterocycles. The van der Waals surface area contributed by atoms with E-state index in [4.69, 9.17) is 0 Å². The smallest absolute Gasteiger partial charge is 0.257 e. The van der Waals surface area contributed by atoms with Gasteiger partial charge in [0.15, 0.2) is 0 Å². The summed E-state index contributed by atoms with van der Waals surface area (Å²) < 4.78 is 1.78.